The Hall–Kier alpha value is -2.56. The first-order valence-electron chi connectivity index (χ1n) is 6.32. The van der Waals surface area contributed by atoms with Crippen molar-refractivity contribution >= 4 is 12.1 Å². The Labute approximate surface area is 117 Å². The lowest BCUT2D eigenvalue weighted by atomic mass is 10.2. The van der Waals surface area contributed by atoms with Crippen LogP contribution in [0.5, 0.6) is 5.75 Å². The average Bonchev–Trinajstić information content (AvgIpc) is 2.85. The second-order valence-corrected chi connectivity index (χ2v) is 4.08. The Morgan fingerprint density at radius 3 is 2.85 bits per heavy atom. The van der Waals surface area contributed by atoms with Crippen molar-refractivity contribution in [3.05, 3.63) is 53.5 Å². The highest BCUT2D eigenvalue weighted by atomic mass is 16.5. The van der Waals surface area contributed by atoms with Gasteiger partial charge in [0.15, 0.2) is 0 Å². The van der Waals surface area contributed by atoms with Crippen LogP contribution in [-0.2, 0) is 0 Å². The van der Waals surface area contributed by atoms with Gasteiger partial charge in [-0.05, 0) is 38.1 Å². The van der Waals surface area contributed by atoms with Crippen molar-refractivity contribution in [3.8, 4) is 5.75 Å². The van der Waals surface area contributed by atoms with Gasteiger partial charge >= 0.3 is 0 Å². The Morgan fingerprint density at radius 2 is 2.15 bits per heavy atom. The van der Waals surface area contributed by atoms with Crippen LogP contribution >= 0.6 is 0 Å². The summed E-state index contributed by atoms with van der Waals surface area (Å²) in [4.78, 5) is 12.0. The van der Waals surface area contributed by atoms with Gasteiger partial charge in [0.05, 0.1) is 18.4 Å². The first-order valence-corrected chi connectivity index (χ1v) is 6.32. The highest BCUT2D eigenvalue weighted by Crippen LogP contribution is 2.17. The van der Waals surface area contributed by atoms with Crippen molar-refractivity contribution in [2.45, 2.75) is 13.8 Å². The summed E-state index contributed by atoms with van der Waals surface area (Å²) in [5.41, 5.74) is 2.89. The fourth-order valence-electron chi connectivity index (χ4n) is 1.67. The molecule has 0 aliphatic heterocycles. The number of hydrogen-bond donors (Lipinski definition) is 1. The fraction of sp³-hybridized carbons (Fsp3) is 0.200. The van der Waals surface area contributed by atoms with Crippen LogP contribution in [0.15, 0.2) is 45.9 Å². The topological polar surface area (TPSA) is 63.8 Å². The van der Waals surface area contributed by atoms with Crippen LogP contribution in [-0.4, -0.2) is 18.7 Å². The molecule has 2 rings (SSSR count). The van der Waals surface area contributed by atoms with E-state index in [1.165, 1.54) is 6.21 Å². The summed E-state index contributed by atoms with van der Waals surface area (Å²) in [6.45, 7) is 4.21. The second kappa shape index (κ2) is 6.56. The maximum Gasteiger partial charge on any atom is 0.275 e. The second-order valence-electron chi connectivity index (χ2n) is 4.08. The molecule has 0 unspecified atom stereocenters. The summed E-state index contributed by atoms with van der Waals surface area (Å²) < 4.78 is 10.7. The summed E-state index contributed by atoms with van der Waals surface area (Å²) in [6, 6.07) is 10.6. The lowest BCUT2D eigenvalue weighted by Gasteiger charge is -2.07. The molecule has 5 heteroatoms. The molecule has 1 aromatic heterocycles. The fourth-order valence-corrected chi connectivity index (χ4v) is 1.67. The molecule has 0 spiro atoms. The summed E-state index contributed by atoms with van der Waals surface area (Å²) in [5, 5.41) is 3.86. The first-order chi connectivity index (χ1) is 9.70. The van der Waals surface area contributed by atoms with E-state index in [1.54, 1.807) is 24.3 Å². The van der Waals surface area contributed by atoms with Crippen LogP contribution < -0.4 is 10.2 Å². The molecule has 1 amide bonds. The van der Waals surface area contributed by atoms with E-state index in [4.69, 9.17) is 9.15 Å². The standard InChI is InChI=1S/C15H16N2O3/c1-3-19-14-7-5-4-6-13(14)15(18)17-16-10-12-9-8-11(2)20-12/h4-10H,3H2,1-2H3,(H,17,18). The number of hydrazone groups is 1. The third kappa shape index (κ3) is 3.47. The number of carbonyl (C=O) groups excluding carboxylic acids is 1. The van der Waals surface area contributed by atoms with Crippen molar-refractivity contribution in [2.75, 3.05) is 6.61 Å². The Morgan fingerprint density at radius 1 is 1.35 bits per heavy atom. The van der Waals surface area contributed by atoms with Crippen LogP contribution in [0.1, 0.15) is 28.8 Å². The molecule has 104 valence electrons. The van der Waals surface area contributed by atoms with Crippen molar-refractivity contribution in [1.29, 1.82) is 0 Å². The minimum absolute atomic E-state index is 0.325. The molecule has 2 aromatic rings. The van der Waals surface area contributed by atoms with Crippen LogP contribution in [0.2, 0.25) is 0 Å². The van der Waals surface area contributed by atoms with Gasteiger partial charge in [-0.15, -0.1) is 0 Å². The van der Waals surface area contributed by atoms with E-state index in [9.17, 15) is 4.79 Å². The molecule has 5 nitrogen and oxygen atoms in total. The number of furan rings is 1. The van der Waals surface area contributed by atoms with Gasteiger partial charge in [-0.1, -0.05) is 12.1 Å². The minimum atomic E-state index is -0.325. The predicted molar refractivity (Wildman–Crippen MR) is 76.1 cm³/mol. The third-order valence-corrected chi connectivity index (χ3v) is 2.55. The lowest BCUT2D eigenvalue weighted by molar-refractivity contribution is 0.0951. The normalized spacial score (nSPS) is 10.7. The van der Waals surface area contributed by atoms with Gasteiger partial charge < -0.3 is 9.15 Å². The zero-order valence-corrected chi connectivity index (χ0v) is 11.4. The van der Waals surface area contributed by atoms with Crippen molar-refractivity contribution in [1.82, 2.24) is 5.43 Å². The van der Waals surface area contributed by atoms with E-state index < -0.39 is 0 Å². The van der Waals surface area contributed by atoms with Gasteiger partial charge in [0.1, 0.15) is 17.3 Å². The highest BCUT2D eigenvalue weighted by molar-refractivity contribution is 5.97. The number of nitrogens with one attached hydrogen (secondary N) is 1. The van der Waals surface area contributed by atoms with Crippen LogP contribution in [0.4, 0.5) is 0 Å². The summed E-state index contributed by atoms with van der Waals surface area (Å²) in [7, 11) is 0. The van der Waals surface area contributed by atoms with E-state index >= 15 is 0 Å². The molecule has 0 saturated carbocycles. The summed E-state index contributed by atoms with van der Waals surface area (Å²) in [5.74, 6) is 1.59. The molecular formula is C15H16N2O3. The molecule has 0 bridgehead atoms. The minimum Gasteiger partial charge on any atom is -0.493 e. The maximum absolute atomic E-state index is 12.0. The van der Waals surface area contributed by atoms with Gasteiger partial charge in [-0.3, -0.25) is 4.79 Å². The van der Waals surface area contributed by atoms with Gasteiger partial charge in [0, 0.05) is 0 Å². The van der Waals surface area contributed by atoms with E-state index in [0.717, 1.165) is 5.76 Å². The smallest absolute Gasteiger partial charge is 0.275 e. The number of hydrogen-bond acceptors (Lipinski definition) is 4. The Bertz CT molecular complexity index is 617. The Balaban J connectivity index is 2.03. The van der Waals surface area contributed by atoms with Crippen LogP contribution in [0, 0.1) is 6.92 Å². The molecule has 0 fully saturated rings. The number of rotatable bonds is 5. The molecule has 1 aromatic carbocycles. The maximum atomic E-state index is 12.0. The van der Waals surface area contributed by atoms with E-state index in [2.05, 4.69) is 10.5 Å². The molecule has 1 N–H and O–H groups in total. The number of ether oxygens (including phenoxy) is 1. The van der Waals surface area contributed by atoms with E-state index in [1.807, 2.05) is 26.0 Å². The molecule has 0 atom stereocenters. The van der Waals surface area contributed by atoms with Crippen molar-refractivity contribution in [3.63, 3.8) is 0 Å². The van der Waals surface area contributed by atoms with E-state index in [-0.39, 0.29) is 5.91 Å². The molecule has 20 heavy (non-hydrogen) atoms. The molecule has 0 aliphatic rings. The average molecular weight is 272 g/mol. The number of carbonyl (C=O) groups is 1. The van der Waals surface area contributed by atoms with Gasteiger partial charge in [-0.25, -0.2) is 5.43 Å². The SMILES string of the molecule is CCOc1ccccc1C(=O)NN=Cc1ccc(C)o1. The first kappa shape index (κ1) is 13.9. The summed E-state index contributed by atoms with van der Waals surface area (Å²) >= 11 is 0. The predicted octanol–water partition coefficient (Wildman–Crippen LogP) is 2.75. The van der Waals surface area contributed by atoms with Gasteiger partial charge in [0.2, 0.25) is 0 Å². The van der Waals surface area contributed by atoms with Gasteiger partial charge in [0.25, 0.3) is 5.91 Å². The van der Waals surface area contributed by atoms with Crippen molar-refractivity contribution in [2.24, 2.45) is 5.10 Å². The summed E-state index contributed by atoms with van der Waals surface area (Å²) in [6.07, 6.45) is 1.45. The Kier molecular flexibility index (Phi) is 4.55. The zero-order valence-electron chi connectivity index (χ0n) is 11.4. The van der Waals surface area contributed by atoms with E-state index in [0.29, 0.717) is 23.7 Å². The number of para-hydroxylation sites is 1. The lowest BCUT2D eigenvalue weighted by Crippen LogP contribution is -2.18. The largest absolute Gasteiger partial charge is 0.493 e. The number of benzene rings is 1. The van der Waals surface area contributed by atoms with Crippen molar-refractivity contribution < 1.29 is 13.9 Å². The van der Waals surface area contributed by atoms with Crippen LogP contribution in [0.25, 0.3) is 0 Å². The molecule has 0 saturated heterocycles. The third-order valence-electron chi connectivity index (χ3n) is 2.55. The molecule has 1 heterocycles. The van der Waals surface area contributed by atoms with Gasteiger partial charge in [-0.2, -0.15) is 5.10 Å². The molecular weight excluding hydrogens is 256 g/mol. The molecule has 0 aliphatic carbocycles. The monoisotopic (exact) mass is 272 g/mol. The van der Waals surface area contributed by atoms with Crippen LogP contribution in [0.3, 0.4) is 0 Å². The number of amides is 1. The number of nitrogens with zero attached hydrogens (tertiary/aromatic N) is 1. The zero-order chi connectivity index (χ0) is 14.4. The number of aryl methyl sites for hydroxylation is 1. The molecule has 0 radical (unpaired) electrons. The highest BCUT2D eigenvalue weighted by Gasteiger charge is 2.10. The quantitative estimate of drug-likeness (QED) is 0.672.